The molecule has 0 N–H and O–H groups in total. The van der Waals surface area contributed by atoms with Gasteiger partial charge in [-0.15, -0.1) is 0 Å². The normalized spacial score (nSPS) is 22.3. The highest BCUT2D eigenvalue weighted by atomic mass is 16.6. The summed E-state index contributed by atoms with van der Waals surface area (Å²) in [6.45, 7) is 4.94. The molecule has 8 nitrogen and oxygen atoms in total. The van der Waals surface area contributed by atoms with Crippen LogP contribution in [0.2, 0.25) is 0 Å². The lowest BCUT2D eigenvalue weighted by atomic mass is 9.89. The van der Waals surface area contributed by atoms with Crippen LogP contribution in [-0.2, 0) is 33.4 Å². The van der Waals surface area contributed by atoms with Crippen LogP contribution in [0.25, 0.3) is 0 Å². The number of methoxy groups -OCH3 is 1. The number of carbonyl (C=O) groups excluding carboxylic acids is 3. The Balaban J connectivity index is 2.99. The van der Waals surface area contributed by atoms with E-state index < -0.39 is 0 Å². The molecule has 8 heteroatoms. The summed E-state index contributed by atoms with van der Waals surface area (Å²) in [4.78, 5) is 39.7. The summed E-state index contributed by atoms with van der Waals surface area (Å²) in [6.07, 6.45) is 14.2. The molecule has 0 aromatic carbocycles. The van der Waals surface area contributed by atoms with Gasteiger partial charge >= 0.3 is 17.9 Å². The van der Waals surface area contributed by atoms with Crippen molar-refractivity contribution in [1.29, 1.82) is 0 Å². The highest BCUT2D eigenvalue weighted by molar-refractivity contribution is 5.90. The van der Waals surface area contributed by atoms with Gasteiger partial charge < -0.3 is 19.0 Å². The van der Waals surface area contributed by atoms with Gasteiger partial charge in [-0.3, -0.25) is 14.4 Å². The zero-order valence-corrected chi connectivity index (χ0v) is 21.3. The van der Waals surface area contributed by atoms with Crippen molar-refractivity contribution in [1.82, 2.24) is 0 Å². The maximum absolute atomic E-state index is 11.7. The standard InChI is InChI=1S/C26H41NO7/c1-6-7-10-13-21(33-19(2)28)16-17-23-22(14-11-8-9-12-15-26(30)31-4)24(27-32-5)18-25(23)34-20(3)29/h8,11,16-17,21-23,25H,6-7,9-10,12-15,18H2,1-5H3/b11-8-,17-16+,27-24-. The number of rotatable bonds is 15. The Kier molecular flexibility index (Phi) is 14.6. The average molecular weight is 480 g/mol. The van der Waals surface area contributed by atoms with E-state index in [4.69, 9.17) is 14.3 Å². The lowest BCUT2D eigenvalue weighted by Gasteiger charge is -2.21. The molecule has 34 heavy (non-hydrogen) atoms. The number of esters is 3. The SMILES string of the molecule is CCCCCC(/C=C/C1C(OC(C)=O)C/C(=N/OC)C1C/C=C\CCCC(=O)OC)OC(C)=O. The predicted octanol–water partition coefficient (Wildman–Crippen LogP) is 4.91. The van der Waals surface area contributed by atoms with Crippen LogP contribution in [0.1, 0.15) is 78.6 Å². The maximum Gasteiger partial charge on any atom is 0.305 e. The summed E-state index contributed by atoms with van der Waals surface area (Å²) < 4.78 is 15.8. The van der Waals surface area contributed by atoms with Gasteiger partial charge in [-0.25, -0.2) is 0 Å². The van der Waals surface area contributed by atoms with Crippen molar-refractivity contribution in [2.24, 2.45) is 17.0 Å². The minimum absolute atomic E-state index is 0.0222. The summed E-state index contributed by atoms with van der Waals surface area (Å²) in [7, 11) is 2.89. The summed E-state index contributed by atoms with van der Waals surface area (Å²) >= 11 is 0. The summed E-state index contributed by atoms with van der Waals surface area (Å²) in [5, 5.41) is 4.21. The van der Waals surface area contributed by atoms with Crippen molar-refractivity contribution in [3.63, 3.8) is 0 Å². The van der Waals surface area contributed by atoms with Gasteiger partial charge in [0.15, 0.2) is 0 Å². The number of nitrogens with zero attached hydrogens (tertiary/aromatic N) is 1. The van der Waals surface area contributed by atoms with Gasteiger partial charge in [-0.1, -0.05) is 43.1 Å². The van der Waals surface area contributed by atoms with Crippen LogP contribution in [0.3, 0.4) is 0 Å². The Bertz CT molecular complexity index is 729. The van der Waals surface area contributed by atoms with Gasteiger partial charge in [-0.2, -0.15) is 0 Å². The van der Waals surface area contributed by atoms with Gasteiger partial charge in [0, 0.05) is 38.5 Å². The Morgan fingerprint density at radius 2 is 1.85 bits per heavy atom. The molecular weight excluding hydrogens is 438 g/mol. The third-order valence-electron chi connectivity index (χ3n) is 5.75. The first-order valence-electron chi connectivity index (χ1n) is 12.2. The van der Waals surface area contributed by atoms with Crippen LogP contribution >= 0.6 is 0 Å². The lowest BCUT2D eigenvalue weighted by molar-refractivity contribution is -0.147. The van der Waals surface area contributed by atoms with Crippen molar-refractivity contribution in [2.75, 3.05) is 14.2 Å². The summed E-state index contributed by atoms with van der Waals surface area (Å²) in [5.41, 5.74) is 0.831. The van der Waals surface area contributed by atoms with E-state index in [-0.39, 0.29) is 42.0 Å². The molecule has 0 spiro atoms. The first-order chi connectivity index (χ1) is 16.3. The van der Waals surface area contributed by atoms with E-state index >= 15 is 0 Å². The number of oxime groups is 1. The van der Waals surface area contributed by atoms with Crippen molar-refractivity contribution in [3.8, 4) is 0 Å². The van der Waals surface area contributed by atoms with E-state index in [2.05, 4.69) is 22.9 Å². The Morgan fingerprint density at radius 1 is 1.09 bits per heavy atom. The summed E-state index contributed by atoms with van der Waals surface area (Å²) in [5.74, 6) is -1.02. The molecule has 4 unspecified atom stereocenters. The van der Waals surface area contributed by atoms with E-state index in [0.29, 0.717) is 25.7 Å². The van der Waals surface area contributed by atoms with E-state index in [1.54, 1.807) is 0 Å². The lowest BCUT2D eigenvalue weighted by Crippen LogP contribution is -2.24. The van der Waals surface area contributed by atoms with Crippen LogP contribution in [0, 0.1) is 11.8 Å². The summed E-state index contributed by atoms with van der Waals surface area (Å²) in [6, 6.07) is 0. The molecular formula is C26H41NO7. The molecule has 0 aromatic rings. The molecule has 192 valence electrons. The van der Waals surface area contributed by atoms with Crippen LogP contribution in [0.15, 0.2) is 29.5 Å². The van der Waals surface area contributed by atoms with Crippen LogP contribution in [0.5, 0.6) is 0 Å². The fourth-order valence-corrected chi connectivity index (χ4v) is 4.16. The Labute approximate surface area is 203 Å². The third kappa shape index (κ3) is 11.5. The molecule has 0 heterocycles. The Hall–Kier alpha value is -2.64. The molecule has 0 bridgehead atoms. The van der Waals surface area contributed by atoms with Crippen LogP contribution in [-0.4, -0.2) is 50.0 Å². The topological polar surface area (TPSA) is 100 Å². The van der Waals surface area contributed by atoms with Crippen molar-refractivity contribution in [3.05, 3.63) is 24.3 Å². The minimum Gasteiger partial charge on any atom is -0.469 e. The van der Waals surface area contributed by atoms with E-state index in [9.17, 15) is 14.4 Å². The largest absolute Gasteiger partial charge is 0.469 e. The molecule has 0 radical (unpaired) electrons. The average Bonchev–Trinajstić information content (AvgIpc) is 3.09. The number of hydrogen-bond donors (Lipinski definition) is 0. The number of unbranched alkanes of at least 4 members (excludes halogenated alkanes) is 3. The van der Waals surface area contributed by atoms with Gasteiger partial charge in [0.25, 0.3) is 0 Å². The number of carbonyl (C=O) groups is 3. The molecule has 0 amide bonds. The molecule has 1 fully saturated rings. The fraction of sp³-hybridized carbons (Fsp3) is 0.692. The molecule has 1 rings (SSSR count). The van der Waals surface area contributed by atoms with Crippen LogP contribution < -0.4 is 0 Å². The number of ether oxygens (including phenoxy) is 3. The highest BCUT2D eigenvalue weighted by Crippen LogP contribution is 2.36. The minimum atomic E-state index is -0.367. The molecule has 0 saturated heterocycles. The molecule has 1 aliphatic rings. The van der Waals surface area contributed by atoms with E-state index in [1.807, 2.05) is 18.2 Å². The third-order valence-corrected chi connectivity index (χ3v) is 5.75. The highest BCUT2D eigenvalue weighted by Gasteiger charge is 2.41. The second kappa shape index (κ2) is 16.9. The van der Waals surface area contributed by atoms with Crippen molar-refractivity contribution >= 4 is 23.6 Å². The van der Waals surface area contributed by atoms with Gasteiger partial charge in [0.1, 0.15) is 19.3 Å². The molecule has 0 aliphatic heterocycles. The van der Waals surface area contributed by atoms with Gasteiger partial charge in [0.05, 0.1) is 12.8 Å². The number of allylic oxidation sites excluding steroid dienone is 2. The number of hydrogen-bond acceptors (Lipinski definition) is 8. The smallest absolute Gasteiger partial charge is 0.305 e. The first-order valence-corrected chi connectivity index (χ1v) is 12.2. The fourth-order valence-electron chi connectivity index (χ4n) is 4.16. The van der Waals surface area contributed by atoms with Gasteiger partial charge in [0.2, 0.25) is 0 Å². The second-order valence-electron chi connectivity index (χ2n) is 8.51. The van der Waals surface area contributed by atoms with E-state index in [0.717, 1.165) is 37.8 Å². The molecule has 0 aromatic heterocycles. The predicted molar refractivity (Wildman–Crippen MR) is 130 cm³/mol. The second-order valence-corrected chi connectivity index (χ2v) is 8.51. The molecule has 1 aliphatic carbocycles. The van der Waals surface area contributed by atoms with Crippen molar-refractivity contribution in [2.45, 2.75) is 90.8 Å². The van der Waals surface area contributed by atoms with E-state index in [1.165, 1.54) is 28.1 Å². The Morgan fingerprint density at radius 3 is 2.47 bits per heavy atom. The molecule has 1 saturated carbocycles. The zero-order chi connectivity index (χ0) is 25.3. The van der Waals surface area contributed by atoms with Crippen LogP contribution in [0.4, 0.5) is 0 Å². The first kappa shape index (κ1) is 29.4. The monoisotopic (exact) mass is 479 g/mol. The maximum atomic E-state index is 11.7. The molecule has 4 atom stereocenters. The van der Waals surface area contributed by atoms with Gasteiger partial charge in [-0.05, 0) is 38.2 Å². The quantitative estimate of drug-likeness (QED) is 0.108. The zero-order valence-electron chi connectivity index (χ0n) is 21.3. The van der Waals surface area contributed by atoms with Crippen molar-refractivity contribution < 1.29 is 33.4 Å².